The third-order valence-electron chi connectivity index (χ3n) is 4.90. The zero-order valence-corrected chi connectivity index (χ0v) is 17.3. The van der Waals surface area contributed by atoms with Gasteiger partial charge in [-0.15, -0.1) is 10.2 Å². The van der Waals surface area contributed by atoms with Crippen molar-refractivity contribution >= 4 is 17.4 Å². The maximum atomic E-state index is 14.2. The highest BCUT2D eigenvalue weighted by molar-refractivity contribution is 5.95. The summed E-state index contributed by atoms with van der Waals surface area (Å²) in [6, 6.07) is 10.2. The molecule has 0 saturated heterocycles. The molecule has 0 aliphatic carbocycles. The number of aromatic nitrogens is 4. The summed E-state index contributed by atoms with van der Waals surface area (Å²) in [5, 5.41) is 11.5. The van der Waals surface area contributed by atoms with Crippen LogP contribution >= 0.6 is 0 Å². The molecule has 0 spiro atoms. The Kier molecular flexibility index (Phi) is 5.48. The molecule has 158 valence electrons. The summed E-state index contributed by atoms with van der Waals surface area (Å²) in [5.41, 5.74) is 3.01. The van der Waals surface area contributed by atoms with E-state index >= 15 is 0 Å². The fourth-order valence-electron chi connectivity index (χ4n) is 3.32. The summed E-state index contributed by atoms with van der Waals surface area (Å²) in [7, 11) is 4.89. The molecule has 3 heterocycles. The van der Waals surface area contributed by atoms with E-state index in [2.05, 4.69) is 20.5 Å². The molecular weight excluding hydrogens is 399 g/mol. The first-order chi connectivity index (χ1) is 15.0. The van der Waals surface area contributed by atoms with Crippen molar-refractivity contribution in [3.05, 3.63) is 72.1 Å². The topological polar surface area (TPSA) is 84.6 Å². The van der Waals surface area contributed by atoms with Crippen molar-refractivity contribution in [2.24, 2.45) is 0 Å². The molecule has 0 unspecified atom stereocenters. The van der Waals surface area contributed by atoms with Crippen LogP contribution < -0.4 is 10.1 Å². The van der Waals surface area contributed by atoms with Gasteiger partial charge < -0.3 is 15.0 Å². The smallest absolute Gasteiger partial charge is 0.254 e. The van der Waals surface area contributed by atoms with Gasteiger partial charge in [0.1, 0.15) is 23.7 Å². The molecule has 1 aromatic carbocycles. The monoisotopic (exact) mass is 420 g/mol. The fourth-order valence-corrected chi connectivity index (χ4v) is 3.32. The Bertz CT molecular complexity index is 1250. The van der Waals surface area contributed by atoms with E-state index in [1.807, 2.05) is 12.1 Å². The van der Waals surface area contributed by atoms with Gasteiger partial charge in [0.05, 0.1) is 12.7 Å². The normalized spacial score (nSPS) is 10.8. The van der Waals surface area contributed by atoms with Gasteiger partial charge in [-0.25, -0.2) is 4.39 Å². The molecule has 1 N–H and O–H groups in total. The summed E-state index contributed by atoms with van der Waals surface area (Å²) >= 11 is 0. The second kappa shape index (κ2) is 8.39. The number of nitrogens with one attached hydrogen (secondary N) is 1. The number of amides is 1. The molecule has 1 amide bonds. The van der Waals surface area contributed by atoms with E-state index in [9.17, 15) is 9.18 Å². The number of carbonyl (C=O) groups is 1. The zero-order valence-electron chi connectivity index (χ0n) is 17.3. The quantitative estimate of drug-likeness (QED) is 0.516. The molecule has 0 fully saturated rings. The van der Waals surface area contributed by atoms with E-state index in [4.69, 9.17) is 4.74 Å². The standard InChI is InChI=1S/C22H21FN6O2/c1-28(2)22(30)15-9-14(10-24-11-15)16-7-8-20(29-13-26-27-21(16)29)25-12-17-18(23)5-4-6-19(17)31-3/h4-11,13,25H,12H2,1-3H3. The molecule has 9 heteroatoms. The number of methoxy groups -OCH3 is 1. The van der Waals surface area contributed by atoms with Gasteiger partial charge in [-0.3, -0.25) is 14.2 Å². The highest BCUT2D eigenvalue weighted by Crippen LogP contribution is 2.28. The molecule has 0 aliphatic rings. The van der Waals surface area contributed by atoms with E-state index in [1.54, 1.807) is 49.2 Å². The lowest BCUT2D eigenvalue weighted by Crippen LogP contribution is -2.21. The summed E-state index contributed by atoms with van der Waals surface area (Å²) in [5.74, 6) is 0.668. The minimum atomic E-state index is -0.350. The van der Waals surface area contributed by atoms with Gasteiger partial charge >= 0.3 is 0 Å². The fraction of sp³-hybridized carbons (Fsp3) is 0.182. The number of halogens is 1. The summed E-state index contributed by atoms with van der Waals surface area (Å²) in [6.45, 7) is 0.219. The van der Waals surface area contributed by atoms with Crippen molar-refractivity contribution in [2.75, 3.05) is 26.5 Å². The molecule has 31 heavy (non-hydrogen) atoms. The maximum absolute atomic E-state index is 14.2. The van der Waals surface area contributed by atoms with Crippen LogP contribution in [0.2, 0.25) is 0 Å². The molecule has 0 bridgehead atoms. The number of anilines is 1. The van der Waals surface area contributed by atoms with Crippen molar-refractivity contribution in [1.29, 1.82) is 0 Å². The second-order valence-electron chi connectivity index (χ2n) is 7.09. The third kappa shape index (κ3) is 3.89. The van der Waals surface area contributed by atoms with Gasteiger partial charge in [-0.05, 0) is 30.3 Å². The Balaban J connectivity index is 1.68. The lowest BCUT2D eigenvalue weighted by Gasteiger charge is -2.14. The minimum Gasteiger partial charge on any atom is -0.496 e. The number of benzene rings is 1. The predicted octanol–water partition coefficient (Wildman–Crippen LogP) is 3.25. The van der Waals surface area contributed by atoms with Crippen LogP contribution in [0.4, 0.5) is 10.2 Å². The van der Waals surface area contributed by atoms with Crippen molar-refractivity contribution in [3.8, 4) is 16.9 Å². The average Bonchev–Trinajstić information content (AvgIpc) is 3.27. The van der Waals surface area contributed by atoms with Crippen LogP contribution in [0.15, 0.2) is 55.1 Å². The van der Waals surface area contributed by atoms with E-state index in [0.29, 0.717) is 28.3 Å². The highest BCUT2D eigenvalue weighted by Gasteiger charge is 2.15. The number of nitrogens with zero attached hydrogens (tertiary/aromatic N) is 5. The lowest BCUT2D eigenvalue weighted by molar-refractivity contribution is 0.0827. The number of ether oxygens (including phenoxy) is 1. The predicted molar refractivity (Wildman–Crippen MR) is 115 cm³/mol. The van der Waals surface area contributed by atoms with Gasteiger partial charge in [0, 0.05) is 49.7 Å². The molecule has 0 atom stereocenters. The van der Waals surface area contributed by atoms with Gasteiger partial charge in [-0.1, -0.05) is 6.07 Å². The average molecular weight is 420 g/mol. The number of hydrogen-bond donors (Lipinski definition) is 1. The van der Waals surface area contributed by atoms with Crippen LogP contribution in [0.25, 0.3) is 16.8 Å². The van der Waals surface area contributed by atoms with Crippen LogP contribution in [0.1, 0.15) is 15.9 Å². The molecule has 3 aromatic heterocycles. The molecule has 0 radical (unpaired) electrons. The Morgan fingerprint density at radius 1 is 1.23 bits per heavy atom. The summed E-state index contributed by atoms with van der Waals surface area (Å²) in [4.78, 5) is 18.0. The second-order valence-corrected chi connectivity index (χ2v) is 7.09. The van der Waals surface area contributed by atoms with Gasteiger partial charge in [0.25, 0.3) is 5.91 Å². The number of hydrogen-bond acceptors (Lipinski definition) is 6. The molecule has 4 rings (SSSR count). The van der Waals surface area contributed by atoms with Gasteiger partial charge in [0.15, 0.2) is 5.65 Å². The summed E-state index contributed by atoms with van der Waals surface area (Å²) < 4.78 is 21.3. The Morgan fingerprint density at radius 3 is 2.84 bits per heavy atom. The van der Waals surface area contributed by atoms with Crippen LogP contribution in [0.5, 0.6) is 5.75 Å². The molecule has 8 nitrogen and oxygen atoms in total. The minimum absolute atomic E-state index is 0.135. The molecule has 4 aromatic rings. The van der Waals surface area contributed by atoms with Gasteiger partial charge in [0.2, 0.25) is 0 Å². The number of fused-ring (bicyclic) bond motifs is 1. The zero-order chi connectivity index (χ0) is 22.0. The Hall–Kier alpha value is -4.01. The highest BCUT2D eigenvalue weighted by atomic mass is 19.1. The van der Waals surface area contributed by atoms with Gasteiger partial charge in [-0.2, -0.15) is 0 Å². The van der Waals surface area contributed by atoms with Crippen LogP contribution in [0.3, 0.4) is 0 Å². The lowest BCUT2D eigenvalue weighted by atomic mass is 10.1. The first-order valence-electron chi connectivity index (χ1n) is 9.54. The molecule has 0 saturated carbocycles. The van der Waals surface area contributed by atoms with E-state index < -0.39 is 0 Å². The number of pyridine rings is 2. The van der Waals surface area contributed by atoms with Crippen LogP contribution in [-0.4, -0.2) is 51.6 Å². The van der Waals surface area contributed by atoms with Crippen LogP contribution in [-0.2, 0) is 6.54 Å². The van der Waals surface area contributed by atoms with E-state index in [0.717, 1.165) is 11.1 Å². The van der Waals surface area contributed by atoms with E-state index in [-0.39, 0.29) is 18.3 Å². The van der Waals surface area contributed by atoms with E-state index in [1.165, 1.54) is 24.3 Å². The Morgan fingerprint density at radius 2 is 2.06 bits per heavy atom. The first kappa shape index (κ1) is 20.3. The van der Waals surface area contributed by atoms with Crippen molar-refractivity contribution in [1.82, 2.24) is 24.5 Å². The third-order valence-corrected chi connectivity index (χ3v) is 4.90. The Labute approximate surface area is 178 Å². The SMILES string of the molecule is COc1cccc(F)c1CNc1ccc(-c2cncc(C(=O)N(C)C)c2)c2nncn12. The molecule has 0 aliphatic heterocycles. The van der Waals surface area contributed by atoms with Crippen LogP contribution in [0, 0.1) is 5.82 Å². The van der Waals surface area contributed by atoms with Crippen molar-refractivity contribution in [2.45, 2.75) is 6.54 Å². The van der Waals surface area contributed by atoms with Crippen molar-refractivity contribution in [3.63, 3.8) is 0 Å². The summed E-state index contributed by atoms with van der Waals surface area (Å²) in [6.07, 6.45) is 4.78. The number of carbonyl (C=O) groups excluding carboxylic acids is 1. The van der Waals surface area contributed by atoms with Crippen molar-refractivity contribution < 1.29 is 13.9 Å². The first-order valence-corrected chi connectivity index (χ1v) is 9.54. The largest absolute Gasteiger partial charge is 0.496 e. The molecular formula is C22H21FN6O2. The maximum Gasteiger partial charge on any atom is 0.254 e. The number of rotatable bonds is 6.